The van der Waals surface area contributed by atoms with Crippen molar-refractivity contribution in [2.75, 3.05) is 19.4 Å². The maximum atomic E-state index is 8.97. The van der Waals surface area contributed by atoms with Gasteiger partial charge in [-0.3, -0.25) is 0 Å². The Morgan fingerprint density at radius 1 is 1.41 bits per heavy atom. The fraction of sp³-hybridized carbons (Fsp3) is 0.538. The highest BCUT2D eigenvalue weighted by Gasteiger charge is 2.09. The lowest BCUT2D eigenvalue weighted by Gasteiger charge is -2.14. The van der Waals surface area contributed by atoms with Crippen molar-refractivity contribution in [2.45, 2.75) is 24.8 Å². The number of aliphatic hydroxyl groups excluding tert-OH is 1. The minimum Gasteiger partial charge on any atom is -0.396 e. The summed E-state index contributed by atoms with van der Waals surface area (Å²) in [6.07, 6.45) is 0. The fourth-order valence-electron chi connectivity index (χ4n) is 1.40. The third-order valence-corrected chi connectivity index (χ3v) is 4.37. The highest BCUT2D eigenvalue weighted by Crippen LogP contribution is 2.29. The zero-order valence-corrected chi connectivity index (χ0v) is 12.1. The Hall–Kier alpha value is -0.220. The van der Waals surface area contributed by atoms with E-state index < -0.39 is 0 Å². The van der Waals surface area contributed by atoms with Gasteiger partial charge in [-0.1, -0.05) is 24.6 Å². The molecule has 0 fully saturated rings. The molecule has 0 saturated heterocycles. The van der Waals surface area contributed by atoms with E-state index in [1.165, 1.54) is 0 Å². The molecule has 1 aromatic rings. The second-order valence-electron chi connectivity index (χ2n) is 4.29. The normalized spacial score (nSPS) is 14.6. The predicted molar refractivity (Wildman–Crippen MR) is 75.9 cm³/mol. The zero-order valence-electron chi connectivity index (χ0n) is 10.5. The molecule has 2 nitrogen and oxygen atoms in total. The predicted octanol–water partition coefficient (Wildman–Crippen LogP) is 3.34. The number of hydrogen-bond acceptors (Lipinski definition) is 3. The number of benzene rings is 1. The van der Waals surface area contributed by atoms with Crippen LogP contribution in [0.15, 0.2) is 23.1 Å². The summed E-state index contributed by atoms with van der Waals surface area (Å²) in [5.41, 5.74) is 1.12. The molecule has 0 saturated carbocycles. The van der Waals surface area contributed by atoms with Gasteiger partial charge in [0.05, 0.1) is 0 Å². The fourth-order valence-corrected chi connectivity index (χ4v) is 2.75. The molecular weight excluding hydrogens is 254 g/mol. The molecule has 17 heavy (non-hydrogen) atoms. The Bertz CT molecular complexity index is 359. The lowest BCUT2D eigenvalue weighted by molar-refractivity contribution is 0.250. The number of halogens is 1. The molecule has 2 unspecified atom stereocenters. The highest BCUT2D eigenvalue weighted by atomic mass is 35.5. The molecule has 0 amide bonds. The van der Waals surface area contributed by atoms with E-state index in [2.05, 4.69) is 24.4 Å². The number of thioether (sulfide) groups is 1. The van der Waals surface area contributed by atoms with Crippen LogP contribution in [-0.4, -0.2) is 24.5 Å². The summed E-state index contributed by atoms with van der Waals surface area (Å²) >= 11 is 7.98. The lowest BCUT2D eigenvalue weighted by atomic mass is 10.1. The molecule has 0 spiro atoms. The maximum absolute atomic E-state index is 8.97. The van der Waals surface area contributed by atoms with Gasteiger partial charge in [-0.15, -0.1) is 11.8 Å². The van der Waals surface area contributed by atoms with Crippen LogP contribution in [0.3, 0.4) is 0 Å². The minimum atomic E-state index is 0.232. The van der Waals surface area contributed by atoms with Gasteiger partial charge >= 0.3 is 0 Å². The van der Waals surface area contributed by atoms with Crippen LogP contribution < -0.4 is 5.32 Å². The van der Waals surface area contributed by atoms with Crippen LogP contribution in [-0.2, 0) is 0 Å². The second-order valence-corrected chi connectivity index (χ2v) is 5.79. The van der Waals surface area contributed by atoms with Gasteiger partial charge in [0.15, 0.2) is 0 Å². The summed E-state index contributed by atoms with van der Waals surface area (Å²) in [5.74, 6) is 1.22. The van der Waals surface area contributed by atoms with Crippen molar-refractivity contribution >= 4 is 23.4 Å². The molecule has 96 valence electrons. The molecule has 1 rings (SSSR count). The summed E-state index contributed by atoms with van der Waals surface area (Å²) in [4.78, 5) is 1.15. The first-order valence-corrected chi connectivity index (χ1v) is 7.15. The van der Waals surface area contributed by atoms with Crippen molar-refractivity contribution in [1.29, 1.82) is 0 Å². The summed E-state index contributed by atoms with van der Waals surface area (Å²) in [5, 5.41) is 12.9. The van der Waals surface area contributed by atoms with Crippen molar-refractivity contribution in [2.24, 2.45) is 5.92 Å². The van der Waals surface area contributed by atoms with Crippen molar-refractivity contribution < 1.29 is 5.11 Å². The lowest BCUT2D eigenvalue weighted by Crippen LogP contribution is -2.12. The molecule has 0 bridgehead atoms. The van der Waals surface area contributed by atoms with Gasteiger partial charge in [0.2, 0.25) is 0 Å². The maximum Gasteiger partial charge on any atom is 0.0464 e. The summed E-state index contributed by atoms with van der Waals surface area (Å²) in [6, 6.07) is 6.41. The summed E-state index contributed by atoms with van der Waals surface area (Å²) in [7, 11) is 1.92. The first kappa shape index (κ1) is 14.8. The zero-order chi connectivity index (χ0) is 12.8. The molecule has 0 aliphatic rings. The van der Waals surface area contributed by atoms with E-state index in [0.717, 1.165) is 21.2 Å². The van der Waals surface area contributed by atoms with Gasteiger partial charge < -0.3 is 10.4 Å². The molecule has 0 heterocycles. The van der Waals surface area contributed by atoms with E-state index in [-0.39, 0.29) is 12.6 Å². The molecular formula is C13H20ClNOS. The van der Waals surface area contributed by atoms with Gasteiger partial charge in [-0.2, -0.15) is 0 Å². The molecule has 0 aliphatic heterocycles. The topological polar surface area (TPSA) is 32.3 Å². The van der Waals surface area contributed by atoms with E-state index in [9.17, 15) is 0 Å². The number of nitrogens with one attached hydrogen (secondary N) is 1. The van der Waals surface area contributed by atoms with Gasteiger partial charge in [-0.25, -0.2) is 0 Å². The SMILES string of the molecule is CNC(C)c1ccc(SCC(C)CO)cc1Cl. The van der Waals surface area contributed by atoms with Crippen molar-refractivity contribution in [3.63, 3.8) is 0 Å². The smallest absolute Gasteiger partial charge is 0.0464 e. The van der Waals surface area contributed by atoms with Crippen LogP contribution >= 0.6 is 23.4 Å². The Kier molecular flexibility index (Phi) is 6.34. The number of rotatable bonds is 6. The Labute approximate surface area is 113 Å². The van der Waals surface area contributed by atoms with Crippen LogP contribution in [0.4, 0.5) is 0 Å². The largest absolute Gasteiger partial charge is 0.396 e. The Morgan fingerprint density at radius 3 is 2.65 bits per heavy atom. The van der Waals surface area contributed by atoms with Gasteiger partial charge in [0.25, 0.3) is 0 Å². The molecule has 0 aromatic heterocycles. The average molecular weight is 274 g/mol. The number of aliphatic hydroxyl groups is 1. The molecule has 0 radical (unpaired) electrons. The van der Waals surface area contributed by atoms with E-state index >= 15 is 0 Å². The standard InChI is InChI=1S/C13H20ClNOS/c1-9(7-16)8-17-11-4-5-12(10(2)15-3)13(14)6-11/h4-6,9-10,15-16H,7-8H2,1-3H3. The van der Waals surface area contributed by atoms with E-state index in [1.807, 2.05) is 20.0 Å². The molecule has 2 atom stereocenters. The van der Waals surface area contributed by atoms with Crippen LogP contribution in [0, 0.1) is 5.92 Å². The van der Waals surface area contributed by atoms with E-state index in [1.54, 1.807) is 11.8 Å². The van der Waals surface area contributed by atoms with Crippen molar-refractivity contribution in [3.05, 3.63) is 28.8 Å². The molecule has 1 aromatic carbocycles. The quantitative estimate of drug-likeness (QED) is 0.780. The van der Waals surface area contributed by atoms with Crippen LogP contribution in [0.1, 0.15) is 25.5 Å². The summed E-state index contributed by atoms with van der Waals surface area (Å²) < 4.78 is 0. The monoisotopic (exact) mass is 273 g/mol. The van der Waals surface area contributed by atoms with Crippen molar-refractivity contribution in [1.82, 2.24) is 5.32 Å². The van der Waals surface area contributed by atoms with Gasteiger partial charge in [0, 0.05) is 28.3 Å². The van der Waals surface area contributed by atoms with Crippen LogP contribution in [0.25, 0.3) is 0 Å². The molecule has 0 aliphatic carbocycles. The minimum absolute atomic E-state index is 0.232. The van der Waals surface area contributed by atoms with Gasteiger partial charge in [-0.05, 0) is 37.6 Å². The Morgan fingerprint density at radius 2 is 2.12 bits per heavy atom. The van der Waals surface area contributed by atoms with Crippen LogP contribution in [0.2, 0.25) is 5.02 Å². The third kappa shape index (κ3) is 4.51. The second kappa shape index (κ2) is 7.27. The summed E-state index contributed by atoms with van der Waals surface area (Å²) in [6.45, 7) is 4.35. The van der Waals surface area contributed by atoms with Gasteiger partial charge in [0.1, 0.15) is 0 Å². The average Bonchev–Trinajstić information content (AvgIpc) is 2.35. The first-order valence-electron chi connectivity index (χ1n) is 5.78. The molecule has 2 N–H and O–H groups in total. The van der Waals surface area contributed by atoms with Crippen molar-refractivity contribution in [3.8, 4) is 0 Å². The first-order chi connectivity index (χ1) is 8.08. The van der Waals surface area contributed by atoms with E-state index in [0.29, 0.717) is 5.92 Å². The Balaban J connectivity index is 2.68. The third-order valence-electron chi connectivity index (χ3n) is 2.72. The molecule has 4 heteroatoms. The number of hydrogen-bond donors (Lipinski definition) is 2. The highest BCUT2D eigenvalue weighted by molar-refractivity contribution is 7.99. The van der Waals surface area contributed by atoms with E-state index in [4.69, 9.17) is 16.7 Å². The van der Waals surface area contributed by atoms with Crippen LogP contribution in [0.5, 0.6) is 0 Å².